The first-order valence-electron chi connectivity index (χ1n) is 9.87. The van der Waals surface area contributed by atoms with Crippen LogP contribution in [0.15, 0.2) is 64.4 Å². The number of aromatic nitrogens is 3. The number of nitrogens with zero attached hydrogens (tertiary/aromatic N) is 3. The van der Waals surface area contributed by atoms with E-state index in [4.69, 9.17) is 4.74 Å². The van der Waals surface area contributed by atoms with Gasteiger partial charge in [0.15, 0.2) is 0 Å². The van der Waals surface area contributed by atoms with Crippen LogP contribution in [0.4, 0.5) is 0 Å². The Balaban J connectivity index is 1.73. The van der Waals surface area contributed by atoms with Gasteiger partial charge in [-0.3, -0.25) is 14.2 Å². The predicted molar refractivity (Wildman–Crippen MR) is 113 cm³/mol. The Bertz CT molecular complexity index is 1350. The molecule has 0 atom stereocenters. The predicted octanol–water partition coefficient (Wildman–Crippen LogP) is 3.82. The maximum atomic E-state index is 13.2. The van der Waals surface area contributed by atoms with E-state index in [1.165, 1.54) is 0 Å². The zero-order chi connectivity index (χ0) is 20.0. The van der Waals surface area contributed by atoms with Crippen LogP contribution in [-0.2, 0) is 0 Å². The molecule has 1 saturated carbocycles. The normalized spacial score (nSPS) is 14.7. The van der Waals surface area contributed by atoms with E-state index in [1.807, 2.05) is 35.0 Å². The van der Waals surface area contributed by atoms with E-state index in [0.29, 0.717) is 33.2 Å². The van der Waals surface area contributed by atoms with Gasteiger partial charge in [0.1, 0.15) is 5.75 Å². The summed E-state index contributed by atoms with van der Waals surface area (Å²) in [5, 5.41) is 0.927. The molecule has 0 N–H and O–H groups in total. The molecule has 0 saturated heterocycles. The topological polar surface area (TPSA) is 66.1 Å². The summed E-state index contributed by atoms with van der Waals surface area (Å²) in [6, 6.07) is 12.9. The van der Waals surface area contributed by atoms with Gasteiger partial charge in [0.05, 0.1) is 34.6 Å². The number of methoxy groups -OCH3 is 1. The lowest BCUT2D eigenvalue weighted by Crippen LogP contribution is -2.24. The van der Waals surface area contributed by atoms with Gasteiger partial charge in [-0.05, 0) is 43.2 Å². The zero-order valence-corrected chi connectivity index (χ0v) is 16.2. The van der Waals surface area contributed by atoms with Crippen LogP contribution in [0.2, 0.25) is 0 Å². The molecule has 1 aromatic carbocycles. The van der Waals surface area contributed by atoms with Crippen LogP contribution in [0.25, 0.3) is 27.5 Å². The molecule has 3 aromatic heterocycles. The molecule has 0 radical (unpaired) electrons. The summed E-state index contributed by atoms with van der Waals surface area (Å²) in [4.78, 5) is 30.9. The molecular formula is C23H21N3O3. The van der Waals surface area contributed by atoms with Crippen molar-refractivity contribution in [2.75, 3.05) is 7.11 Å². The van der Waals surface area contributed by atoms with Crippen molar-refractivity contribution in [3.8, 4) is 11.4 Å². The molecule has 1 aliphatic carbocycles. The smallest absolute Gasteiger partial charge is 0.264 e. The molecule has 3 heterocycles. The fourth-order valence-electron chi connectivity index (χ4n) is 4.27. The van der Waals surface area contributed by atoms with E-state index in [0.717, 1.165) is 25.7 Å². The first-order valence-corrected chi connectivity index (χ1v) is 9.87. The first-order chi connectivity index (χ1) is 14.2. The molecule has 146 valence electrons. The summed E-state index contributed by atoms with van der Waals surface area (Å²) in [7, 11) is 1.59. The molecule has 6 heteroatoms. The van der Waals surface area contributed by atoms with E-state index < -0.39 is 0 Å². The number of fused-ring (bicyclic) bond motifs is 2. The van der Waals surface area contributed by atoms with Crippen molar-refractivity contribution in [3.05, 3.63) is 75.6 Å². The minimum absolute atomic E-state index is 0.0695. The van der Waals surface area contributed by atoms with Crippen molar-refractivity contribution in [2.24, 2.45) is 0 Å². The number of hydrogen-bond acceptors (Lipinski definition) is 4. The van der Waals surface area contributed by atoms with E-state index in [-0.39, 0.29) is 17.2 Å². The fourth-order valence-corrected chi connectivity index (χ4v) is 4.27. The number of ether oxygens (including phenoxy) is 1. The van der Waals surface area contributed by atoms with E-state index >= 15 is 0 Å². The highest BCUT2D eigenvalue weighted by Crippen LogP contribution is 2.28. The van der Waals surface area contributed by atoms with Crippen LogP contribution in [0.3, 0.4) is 0 Å². The van der Waals surface area contributed by atoms with Crippen molar-refractivity contribution in [3.63, 3.8) is 0 Å². The second kappa shape index (κ2) is 6.88. The molecule has 0 bridgehead atoms. The van der Waals surface area contributed by atoms with Gasteiger partial charge < -0.3 is 9.30 Å². The Morgan fingerprint density at radius 3 is 2.41 bits per heavy atom. The lowest BCUT2D eigenvalue weighted by Gasteiger charge is -2.14. The lowest BCUT2D eigenvalue weighted by atomic mass is 10.1. The van der Waals surface area contributed by atoms with Gasteiger partial charge in [0, 0.05) is 24.5 Å². The largest absolute Gasteiger partial charge is 0.497 e. The molecule has 5 rings (SSSR count). The van der Waals surface area contributed by atoms with Crippen molar-refractivity contribution in [2.45, 2.75) is 31.7 Å². The van der Waals surface area contributed by atoms with Crippen LogP contribution < -0.4 is 15.9 Å². The van der Waals surface area contributed by atoms with E-state index in [1.54, 1.807) is 36.1 Å². The van der Waals surface area contributed by atoms with Crippen LogP contribution in [0.5, 0.6) is 5.75 Å². The van der Waals surface area contributed by atoms with Gasteiger partial charge in [-0.1, -0.05) is 18.9 Å². The maximum absolute atomic E-state index is 13.2. The number of pyridine rings is 3. The summed E-state index contributed by atoms with van der Waals surface area (Å²) in [5.74, 6) is 0.672. The number of rotatable bonds is 3. The van der Waals surface area contributed by atoms with Crippen LogP contribution in [-0.4, -0.2) is 21.2 Å². The highest BCUT2D eigenvalue weighted by molar-refractivity contribution is 5.91. The maximum Gasteiger partial charge on any atom is 0.264 e. The average molecular weight is 387 g/mol. The Hall–Kier alpha value is -3.41. The van der Waals surface area contributed by atoms with Gasteiger partial charge in [-0.25, -0.2) is 4.98 Å². The molecule has 0 aliphatic heterocycles. The average Bonchev–Trinajstić information content (AvgIpc) is 3.28. The van der Waals surface area contributed by atoms with Gasteiger partial charge in [0.2, 0.25) is 0 Å². The molecule has 6 nitrogen and oxygen atoms in total. The van der Waals surface area contributed by atoms with Crippen molar-refractivity contribution < 1.29 is 4.74 Å². The third-order valence-corrected chi connectivity index (χ3v) is 5.82. The molecule has 0 spiro atoms. The minimum Gasteiger partial charge on any atom is -0.497 e. The van der Waals surface area contributed by atoms with Gasteiger partial charge in [-0.2, -0.15) is 0 Å². The second-order valence-electron chi connectivity index (χ2n) is 7.51. The first kappa shape index (κ1) is 17.7. The molecule has 0 amide bonds. The van der Waals surface area contributed by atoms with Crippen LogP contribution >= 0.6 is 0 Å². The Morgan fingerprint density at radius 1 is 0.931 bits per heavy atom. The van der Waals surface area contributed by atoms with Crippen molar-refractivity contribution in [1.29, 1.82) is 0 Å². The highest BCUT2D eigenvalue weighted by Gasteiger charge is 2.19. The SMILES string of the molecule is COc1cccc(-n2ccc3nc4ccn(C5CCCC5)c(=O)c4cc3c2=O)c1. The van der Waals surface area contributed by atoms with Crippen LogP contribution in [0, 0.1) is 0 Å². The Morgan fingerprint density at radius 2 is 1.66 bits per heavy atom. The third kappa shape index (κ3) is 2.92. The van der Waals surface area contributed by atoms with Gasteiger partial charge in [-0.15, -0.1) is 0 Å². The van der Waals surface area contributed by atoms with E-state index in [9.17, 15) is 9.59 Å². The molecule has 1 aliphatic rings. The lowest BCUT2D eigenvalue weighted by molar-refractivity contribution is 0.414. The third-order valence-electron chi connectivity index (χ3n) is 5.82. The number of benzene rings is 1. The number of hydrogen-bond donors (Lipinski definition) is 0. The Kier molecular flexibility index (Phi) is 4.19. The monoisotopic (exact) mass is 387 g/mol. The molecule has 29 heavy (non-hydrogen) atoms. The highest BCUT2D eigenvalue weighted by atomic mass is 16.5. The standard InChI is InChI=1S/C23H21N3O3/c1-29-17-8-4-7-16(13-17)26-12-10-21-19(23(26)28)14-18-20(24-21)9-11-25(22(18)27)15-5-2-3-6-15/h4,7-15H,2-3,5-6H2,1H3. The summed E-state index contributed by atoms with van der Waals surface area (Å²) in [5.41, 5.74) is 1.63. The molecule has 4 aromatic rings. The minimum atomic E-state index is -0.208. The van der Waals surface area contributed by atoms with Crippen molar-refractivity contribution in [1.82, 2.24) is 14.1 Å². The molecule has 1 fully saturated rings. The zero-order valence-electron chi connectivity index (χ0n) is 16.2. The Labute approximate surface area is 167 Å². The summed E-state index contributed by atoms with van der Waals surface area (Å²) in [6.07, 6.45) is 7.89. The van der Waals surface area contributed by atoms with Gasteiger partial charge in [0.25, 0.3) is 11.1 Å². The quantitative estimate of drug-likeness (QED) is 0.501. The summed E-state index contributed by atoms with van der Waals surface area (Å²) in [6.45, 7) is 0. The molecule has 0 unspecified atom stereocenters. The van der Waals surface area contributed by atoms with Crippen LogP contribution in [0.1, 0.15) is 31.7 Å². The van der Waals surface area contributed by atoms with Crippen molar-refractivity contribution >= 4 is 21.8 Å². The summed E-state index contributed by atoms with van der Waals surface area (Å²) < 4.78 is 8.63. The van der Waals surface area contributed by atoms with E-state index in [2.05, 4.69) is 4.98 Å². The molecular weight excluding hydrogens is 366 g/mol. The fraction of sp³-hybridized carbons (Fsp3) is 0.261. The second-order valence-corrected chi connectivity index (χ2v) is 7.51. The van der Waals surface area contributed by atoms with Gasteiger partial charge >= 0.3 is 0 Å². The summed E-state index contributed by atoms with van der Waals surface area (Å²) >= 11 is 0.